The summed E-state index contributed by atoms with van der Waals surface area (Å²) in [6.07, 6.45) is 4.87. The lowest BCUT2D eigenvalue weighted by Gasteiger charge is -2.24. The topological polar surface area (TPSA) is 72.0 Å². The molecule has 0 radical (unpaired) electrons. The van der Waals surface area contributed by atoms with Crippen LogP contribution >= 0.6 is 0 Å². The van der Waals surface area contributed by atoms with E-state index in [4.69, 9.17) is 5.73 Å². The van der Waals surface area contributed by atoms with E-state index in [0.717, 1.165) is 0 Å². The molecule has 0 aromatic carbocycles. The van der Waals surface area contributed by atoms with Crippen molar-refractivity contribution in [3.8, 4) is 0 Å². The molecular formula is C12H13N3O. The van der Waals surface area contributed by atoms with Crippen LogP contribution in [0.3, 0.4) is 0 Å². The van der Waals surface area contributed by atoms with Gasteiger partial charge in [0.25, 0.3) is 0 Å². The molecule has 0 saturated carbocycles. The van der Waals surface area contributed by atoms with Crippen molar-refractivity contribution in [2.45, 2.75) is 12.5 Å². The van der Waals surface area contributed by atoms with Crippen LogP contribution in [0.4, 0.5) is 5.82 Å². The maximum Gasteiger partial charge on any atom is 0.129 e. The second-order valence-electron chi connectivity index (χ2n) is 3.75. The van der Waals surface area contributed by atoms with Crippen LogP contribution in [0.1, 0.15) is 18.1 Å². The Labute approximate surface area is 93.8 Å². The summed E-state index contributed by atoms with van der Waals surface area (Å²) < 4.78 is 0. The average Bonchev–Trinajstić information content (AvgIpc) is 2.30. The Balaban J connectivity index is 2.51. The second kappa shape index (κ2) is 3.90. The summed E-state index contributed by atoms with van der Waals surface area (Å²) in [6.45, 7) is 1.68. The zero-order chi connectivity index (χ0) is 11.6. The van der Waals surface area contributed by atoms with Crippen molar-refractivity contribution in [1.29, 1.82) is 0 Å². The van der Waals surface area contributed by atoms with Crippen LogP contribution in [0.5, 0.6) is 0 Å². The van der Waals surface area contributed by atoms with Gasteiger partial charge >= 0.3 is 0 Å². The molecular weight excluding hydrogens is 202 g/mol. The molecule has 0 fully saturated rings. The van der Waals surface area contributed by atoms with Crippen LogP contribution < -0.4 is 5.73 Å². The molecule has 0 saturated heterocycles. The number of pyridine rings is 2. The van der Waals surface area contributed by atoms with E-state index in [1.165, 1.54) is 0 Å². The number of aromatic nitrogens is 2. The summed E-state index contributed by atoms with van der Waals surface area (Å²) >= 11 is 0. The molecule has 16 heavy (non-hydrogen) atoms. The summed E-state index contributed by atoms with van der Waals surface area (Å²) in [6, 6.07) is 7.08. The molecule has 82 valence electrons. The van der Waals surface area contributed by atoms with E-state index >= 15 is 0 Å². The Morgan fingerprint density at radius 1 is 1.25 bits per heavy atom. The smallest absolute Gasteiger partial charge is 0.129 e. The van der Waals surface area contributed by atoms with E-state index in [0.29, 0.717) is 16.9 Å². The Bertz CT molecular complexity index is 483. The first-order chi connectivity index (χ1) is 7.62. The molecule has 0 aliphatic heterocycles. The monoisotopic (exact) mass is 215 g/mol. The number of rotatable bonds is 2. The minimum Gasteiger partial charge on any atom is -0.383 e. The lowest BCUT2D eigenvalue weighted by Crippen LogP contribution is -2.24. The van der Waals surface area contributed by atoms with Crippen molar-refractivity contribution in [3.05, 3.63) is 54.0 Å². The molecule has 1 atom stereocenters. The molecule has 1 unspecified atom stereocenters. The van der Waals surface area contributed by atoms with Gasteiger partial charge in [-0.15, -0.1) is 0 Å². The third kappa shape index (κ3) is 1.75. The van der Waals surface area contributed by atoms with E-state index in [9.17, 15) is 5.11 Å². The molecule has 2 heterocycles. The number of nitrogen functional groups attached to an aromatic ring is 1. The first kappa shape index (κ1) is 10.6. The van der Waals surface area contributed by atoms with Gasteiger partial charge in [0, 0.05) is 29.7 Å². The summed E-state index contributed by atoms with van der Waals surface area (Å²) in [5.74, 6) is 0.330. The third-order valence-corrected chi connectivity index (χ3v) is 2.59. The number of aliphatic hydroxyl groups is 1. The molecule has 2 aromatic rings. The van der Waals surface area contributed by atoms with Gasteiger partial charge in [0.05, 0.1) is 0 Å². The van der Waals surface area contributed by atoms with Gasteiger partial charge in [-0.3, -0.25) is 4.98 Å². The zero-order valence-electron chi connectivity index (χ0n) is 8.96. The fraction of sp³-hybridized carbons (Fsp3) is 0.167. The first-order valence-corrected chi connectivity index (χ1v) is 4.96. The van der Waals surface area contributed by atoms with E-state index in [1.807, 2.05) is 0 Å². The zero-order valence-corrected chi connectivity index (χ0v) is 8.96. The SMILES string of the molecule is CC(O)(c1cccnc1)c1cccnc1N. The fourth-order valence-corrected chi connectivity index (χ4v) is 1.64. The maximum atomic E-state index is 10.5. The normalized spacial score (nSPS) is 14.4. The van der Waals surface area contributed by atoms with Gasteiger partial charge in [0.15, 0.2) is 0 Å². The Hall–Kier alpha value is -1.94. The number of hydrogen-bond acceptors (Lipinski definition) is 4. The summed E-state index contributed by atoms with van der Waals surface area (Å²) in [4.78, 5) is 7.95. The van der Waals surface area contributed by atoms with E-state index in [-0.39, 0.29) is 0 Å². The van der Waals surface area contributed by atoms with Gasteiger partial charge in [0.2, 0.25) is 0 Å². The minimum atomic E-state index is -1.17. The predicted molar refractivity (Wildman–Crippen MR) is 61.6 cm³/mol. The molecule has 0 aliphatic rings. The van der Waals surface area contributed by atoms with Gasteiger partial charge < -0.3 is 10.8 Å². The molecule has 4 heteroatoms. The summed E-state index contributed by atoms with van der Waals surface area (Å²) in [5, 5.41) is 10.5. The van der Waals surface area contributed by atoms with Crippen molar-refractivity contribution < 1.29 is 5.11 Å². The van der Waals surface area contributed by atoms with Gasteiger partial charge in [-0.05, 0) is 19.1 Å². The van der Waals surface area contributed by atoms with Gasteiger partial charge in [-0.1, -0.05) is 12.1 Å². The van der Waals surface area contributed by atoms with E-state index < -0.39 is 5.60 Å². The van der Waals surface area contributed by atoms with Crippen LogP contribution in [-0.2, 0) is 5.60 Å². The lowest BCUT2D eigenvalue weighted by atomic mass is 9.90. The molecule has 0 aliphatic carbocycles. The lowest BCUT2D eigenvalue weighted by molar-refractivity contribution is 0.102. The average molecular weight is 215 g/mol. The molecule has 0 spiro atoms. The number of anilines is 1. The Morgan fingerprint density at radius 2 is 2.00 bits per heavy atom. The molecule has 0 bridgehead atoms. The minimum absolute atomic E-state index is 0.330. The highest BCUT2D eigenvalue weighted by Gasteiger charge is 2.28. The van der Waals surface area contributed by atoms with Crippen molar-refractivity contribution in [3.63, 3.8) is 0 Å². The van der Waals surface area contributed by atoms with Crippen molar-refractivity contribution in [2.75, 3.05) is 5.73 Å². The molecule has 3 N–H and O–H groups in total. The van der Waals surface area contributed by atoms with Crippen molar-refractivity contribution in [2.24, 2.45) is 0 Å². The summed E-state index contributed by atoms with van der Waals surface area (Å²) in [7, 11) is 0. The van der Waals surface area contributed by atoms with Crippen LogP contribution in [0.15, 0.2) is 42.9 Å². The molecule has 2 rings (SSSR count). The third-order valence-electron chi connectivity index (χ3n) is 2.59. The predicted octanol–water partition coefficient (Wildman–Crippen LogP) is 1.31. The quantitative estimate of drug-likeness (QED) is 0.792. The number of nitrogens with zero attached hydrogens (tertiary/aromatic N) is 2. The highest BCUT2D eigenvalue weighted by molar-refractivity contribution is 5.47. The molecule has 0 amide bonds. The summed E-state index contributed by atoms with van der Waals surface area (Å²) in [5.41, 5.74) is 5.85. The largest absolute Gasteiger partial charge is 0.383 e. The second-order valence-corrected chi connectivity index (χ2v) is 3.75. The van der Waals surface area contributed by atoms with E-state index in [1.54, 1.807) is 49.8 Å². The van der Waals surface area contributed by atoms with Gasteiger partial charge in [0.1, 0.15) is 11.4 Å². The molecule has 4 nitrogen and oxygen atoms in total. The maximum absolute atomic E-state index is 10.5. The van der Waals surface area contributed by atoms with Crippen LogP contribution in [0, 0.1) is 0 Å². The molecule has 2 aromatic heterocycles. The number of nitrogens with two attached hydrogens (primary N) is 1. The highest BCUT2D eigenvalue weighted by Crippen LogP contribution is 2.30. The highest BCUT2D eigenvalue weighted by atomic mass is 16.3. The van der Waals surface area contributed by atoms with Crippen LogP contribution in [0.25, 0.3) is 0 Å². The van der Waals surface area contributed by atoms with Crippen molar-refractivity contribution in [1.82, 2.24) is 9.97 Å². The fourth-order valence-electron chi connectivity index (χ4n) is 1.64. The van der Waals surface area contributed by atoms with E-state index in [2.05, 4.69) is 9.97 Å². The van der Waals surface area contributed by atoms with Gasteiger partial charge in [-0.25, -0.2) is 4.98 Å². The van der Waals surface area contributed by atoms with Crippen molar-refractivity contribution >= 4 is 5.82 Å². The van der Waals surface area contributed by atoms with Crippen LogP contribution in [0.2, 0.25) is 0 Å². The first-order valence-electron chi connectivity index (χ1n) is 4.96. The van der Waals surface area contributed by atoms with Crippen LogP contribution in [-0.4, -0.2) is 15.1 Å². The Kier molecular flexibility index (Phi) is 2.58. The Morgan fingerprint density at radius 3 is 2.62 bits per heavy atom. The standard InChI is InChI=1S/C12H13N3O/c1-12(16,9-4-2-6-14-8-9)10-5-3-7-15-11(10)13/h2-8,16H,1H3,(H2,13,15). The number of hydrogen-bond donors (Lipinski definition) is 2. The van der Waals surface area contributed by atoms with Gasteiger partial charge in [-0.2, -0.15) is 0 Å².